The molecule has 2 N–H and O–H groups in total. The van der Waals surface area contributed by atoms with Crippen LogP contribution in [0.25, 0.3) is 10.8 Å². The van der Waals surface area contributed by atoms with Crippen molar-refractivity contribution in [1.29, 1.82) is 0 Å². The van der Waals surface area contributed by atoms with E-state index in [0.717, 1.165) is 17.2 Å². The monoisotopic (exact) mass is 441 g/mol. The molecule has 3 aromatic rings. The van der Waals surface area contributed by atoms with E-state index in [1.807, 2.05) is 42.5 Å². The highest BCUT2D eigenvalue weighted by Gasteiger charge is 2.30. The number of carbonyl (C=O) groups is 3. The Morgan fingerprint density at radius 1 is 0.970 bits per heavy atom. The number of piperidine rings is 1. The van der Waals surface area contributed by atoms with Gasteiger partial charge in [0.25, 0.3) is 11.8 Å². The zero-order valence-electron chi connectivity index (χ0n) is 18.4. The Kier molecular flexibility index (Phi) is 6.83. The molecule has 1 saturated heterocycles. The SMILES string of the molecule is C=CCNC(=O)c1ccccc1NC(=O)[C@H]1CCCN(C(=O)c2cccc3ccccc23)C1. The third-order valence-electron chi connectivity index (χ3n) is 5.94. The number of para-hydroxylation sites is 1. The summed E-state index contributed by atoms with van der Waals surface area (Å²) in [4.78, 5) is 40.6. The van der Waals surface area contributed by atoms with Crippen molar-refractivity contribution in [2.75, 3.05) is 25.0 Å². The number of fused-ring (bicyclic) bond motifs is 1. The lowest BCUT2D eigenvalue weighted by Crippen LogP contribution is -2.44. The summed E-state index contributed by atoms with van der Waals surface area (Å²) in [5.74, 6) is -0.868. The topological polar surface area (TPSA) is 78.5 Å². The molecule has 0 aliphatic carbocycles. The van der Waals surface area contributed by atoms with Crippen LogP contribution >= 0.6 is 0 Å². The normalized spacial score (nSPS) is 15.6. The highest BCUT2D eigenvalue weighted by atomic mass is 16.2. The van der Waals surface area contributed by atoms with Gasteiger partial charge in [-0.25, -0.2) is 0 Å². The molecule has 0 unspecified atom stereocenters. The molecule has 1 aliphatic heterocycles. The van der Waals surface area contributed by atoms with E-state index in [9.17, 15) is 14.4 Å². The second-order valence-corrected chi connectivity index (χ2v) is 8.15. The van der Waals surface area contributed by atoms with Gasteiger partial charge in [-0.15, -0.1) is 6.58 Å². The lowest BCUT2D eigenvalue weighted by Gasteiger charge is -2.32. The fraction of sp³-hybridized carbons (Fsp3) is 0.222. The minimum Gasteiger partial charge on any atom is -0.349 e. The number of likely N-dealkylation sites (tertiary alicyclic amines) is 1. The molecule has 0 spiro atoms. The number of amides is 3. The van der Waals surface area contributed by atoms with Crippen LogP contribution in [-0.4, -0.2) is 42.3 Å². The molecular formula is C27H27N3O3. The predicted molar refractivity (Wildman–Crippen MR) is 130 cm³/mol. The van der Waals surface area contributed by atoms with Gasteiger partial charge in [-0.1, -0.05) is 54.6 Å². The summed E-state index contributed by atoms with van der Waals surface area (Å²) < 4.78 is 0. The van der Waals surface area contributed by atoms with Crippen LogP contribution in [0.2, 0.25) is 0 Å². The van der Waals surface area contributed by atoms with Crippen molar-refractivity contribution in [1.82, 2.24) is 10.2 Å². The molecule has 1 heterocycles. The lowest BCUT2D eigenvalue weighted by molar-refractivity contribution is -0.121. The smallest absolute Gasteiger partial charge is 0.254 e. The third-order valence-corrected chi connectivity index (χ3v) is 5.94. The molecule has 6 heteroatoms. The zero-order valence-corrected chi connectivity index (χ0v) is 18.4. The van der Waals surface area contributed by atoms with Crippen molar-refractivity contribution in [3.63, 3.8) is 0 Å². The van der Waals surface area contributed by atoms with Gasteiger partial charge in [-0.3, -0.25) is 14.4 Å². The number of hydrogen-bond donors (Lipinski definition) is 2. The summed E-state index contributed by atoms with van der Waals surface area (Å²) >= 11 is 0. The van der Waals surface area contributed by atoms with E-state index in [4.69, 9.17) is 0 Å². The molecule has 0 bridgehead atoms. The van der Waals surface area contributed by atoms with Gasteiger partial charge in [0.05, 0.1) is 17.2 Å². The molecule has 0 radical (unpaired) electrons. The Morgan fingerprint density at radius 2 is 1.70 bits per heavy atom. The van der Waals surface area contributed by atoms with Gasteiger partial charge in [0.1, 0.15) is 0 Å². The maximum atomic E-state index is 13.3. The van der Waals surface area contributed by atoms with Gasteiger partial charge in [-0.2, -0.15) is 0 Å². The van der Waals surface area contributed by atoms with Crippen molar-refractivity contribution in [3.05, 3.63) is 90.5 Å². The second-order valence-electron chi connectivity index (χ2n) is 8.15. The molecule has 0 saturated carbocycles. The number of anilines is 1. The molecule has 1 aliphatic rings. The Labute approximate surface area is 193 Å². The van der Waals surface area contributed by atoms with Crippen LogP contribution in [0, 0.1) is 5.92 Å². The van der Waals surface area contributed by atoms with Crippen LogP contribution in [0.4, 0.5) is 5.69 Å². The minimum absolute atomic E-state index is 0.0616. The molecule has 4 rings (SSSR count). The Bertz CT molecular complexity index is 1200. The first kappa shape index (κ1) is 22.3. The van der Waals surface area contributed by atoms with Crippen LogP contribution < -0.4 is 10.6 Å². The molecule has 0 aromatic heterocycles. The predicted octanol–water partition coefficient (Wildman–Crippen LogP) is 4.25. The van der Waals surface area contributed by atoms with Gasteiger partial charge < -0.3 is 15.5 Å². The van der Waals surface area contributed by atoms with Crippen molar-refractivity contribution in [3.8, 4) is 0 Å². The molecule has 1 fully saturated rings. The van der Waals surface area contributed by atoms with Gasteiger partial charge >= 0.3 is 0 Å². The summed E-state index contributed by atoms with van der Waals surface area (Å²) in [6, 6.07) is 20.4. The van der Waals surface area contributed by atoms with Gasteiger partial charge in [0, 0.05) is 25.2 Å². The van der Waals surface area contributed by atoms with E-state index >= 15 is 0 Å². The average molecular weight is 442 g/mol. The van der Waals surface area contributed by atoms with Crippen molar-refractivity contribution < 1.29 is 14.4 Å². The van der Waals surface area contributed by atoms with Crippen LogP contribution in [0.5, 0.6) is 0 Å². The summed E-state index contributed by atoms with van der Waals surface area (Å²) in [7, 11) is 0. The molecule has 3 amide bonds. The van der Waals surface area contributed by atoms with E-state index in [-0.39, 0.29) is 23.6 Å². The minimum atomic E-state index is -0.345. The highest BCUT2D eigenvalue weighted by Crippen LogP contribution is 2.25. The molecule has 6 nitrogen and oxygen atoms in total. The van der Waals surface area contributed by atoms with Crippen molar-refractivity contribution in [2.45, 2.75) is 12.8 Å². The van der Waals surface area contributed by atoms with E-state index in [1.165, 1.54) is 0 Å². The van der Waals surface area contributed by atoms with Crippen LogP contribution in [0.3, 0.4) is 0 Å². The Hall–Kier alpha value is -3.93. The van der Waals surface area contributed by atoms with Gasteiger partial charge in [0.2, 0.25) is 5.91 Å². The van der Waals surface area contributed by atoms with Crippen molar-refractivity contribution in [2.24, 2.45) is 5.92 Å². The molecule has 168 valence electrons. The number of benzene rings is 3. The maximum Gasteiger partial charge on any atom is 0.254 e. The molecule has 33 heavy (non-hydrogen) atoms. The van der Waals surface area contributed by atoms with E-state index < -0.39 is 0 Å². The fourth-order valence-corrected chi connectivity index (χ4v) is 4.24. The highest BCUT2D eigenvalue weighted by molar-refractivity contribution is 6.07. The fourth-order valence-electron chi connectivity index (χ4n) is 4.24. The van der Waals surface area contributed by atoms with Crippen molar-refractivity contribution >= 4 is 34.2 Å². The standard InChI is InChI=1S/C27H27N3O3/c1-2-16-28-26(32)23-13-5-6-15-24(23)29-25(31)20-11-8-17-30(18-20)27(33)22-14-7-10-19-9-3-4-12-21(19)22/h2-7,9-10,12-15,20H,1,8,11,16-18H2,(H,28,32)(H,29,31)/t20-/m0/s1. The lowest BCUT2D eigenvalue weighted by atomic mass is 9.95. The number of nitrogens with zero attached hydrogens (tertiary/aromatic N) is 1. The van der Waals surface area contributed by atoms with E-state index in [2.05, 4.69) is 17.2 Å². The van der Waals surface area contributed by atoms with Gasteiger partial charge in [-0.05, 0) is 41.8 Å². The first-order valence-electron chi connectivity index (χ1n) is 11.1. The Balaban J connectivity index is 1.48. The van der Waals surface area contributed by atoms with E-state index in [1.54, 1.807) is 35.2 Å². The summed E-state index contributed by atoms with van der Waals surface area (Å²) in [6.07, 6.45) is 3.04. The second kappa shape index (κ2) is 10.1. The van der Waals surface area contributed by atoms with Crippen LogP contribution in [-0.2, 0) is 4.79 Å². The number of carbonyl (C=O) groups excluding carboxylic acids is 3. The van der Waals surface area contributed by atoms with Gasteiger partial charge in [0.15, 0.2) is 0 Å². The quantitative estimate of drug-likeness (QED) is 0.562. The first-order valence-corrected chi connectivity index (χ1v) is 11.1. The summed E-state index contributed by atoms with van der Waals surface area (Å²) in [5, 5.41) is 7.57. The van der Waals surface area contributed by atoms with E-state index in [0.29, 0.717) is 42.9 Å². The largest absolute Gasteiger partial charge is 0.349 e. The Morgan fingerprint density at radius 3 is 2.55 bits per heavy atom. The maximum absolute atomic E-state index is 13.3. The zero-order chi connectivity index (χ0) is 23.2. The van der Waals surface area contributed by atoms with Crippen LogP contribution in [0.1, 0.15) is 33.6 Å². The molecule has 1 atom stereocenters. The molecular weight excluding hydrogens is 414 g/mol. The summed E-state index contributed by atoms with van der Waals surface area (Å²) in [6.45, 7) is 4.91. The molecule has 3 aromatic carbocycles. The number of nitrogens with one attached hydrogen (secondary N) is 2. The summed E-state index contributed by atoms with van der Waals surface area (Å²) in [5.41, 5.74) is 1.51. The third kappa shape index (κ3) is 4.95. The first-order chi connectivity index (χ1) is 16.1. The number of hydrogen-bond acceptors (Lipinski definition) is 3. The van der Waals surface area contributed by atoms with Crippen LogP contribution in [0.15, 0.2) is 79.4 Å². The number of rotatable bonds is 6. The average Bonchev–Trinajstić information content (AvgIpc) is 2.87.